The number of hydrogen-bond donors (Lipinski definition) is 1. The van der Waals surface area contributed by atoms with E-state index < -0.39 is 0 Å². The summed E-state index contributed by atoms with van der Waals surface area (Å²) in [4.78, 5) is 17.4. The maximum Gasteiger partial charge on any atom is 0.264 e. The van der Waals surface area contributed by atoms with Crippen molar-refractivity contribution in [1.82, 2.24) is 5.32 Å². The zero-order valence-corrected chi connectivity index (χ0v) is 21.1. The van der Waals surface area contributed by atoms with Gasteiger partial charge in [0, 0.05) is 15.6 Å². The fourth-order valence-corrected chi connectivity index (χ4v) is 4.56. The van der Waals surface area contributed by atoms with E-state index in [1.54, 1.807) is 24.3 Å². The Labute approximate surface area is 216 Å². The highest BCUT2D eigenvalue weighted by atomic mass is 35.5. The van der Waals surface area contributed by atoms with Gasteiger partial charge in [-0.15, -0.1) is 0 Å². The van der Waals surface area contributed by atoms with E-state index in [9.17, 15) is 4.79 Å². The van der Waals surface area contributed by atoms with Crippen LogP contribution in [0.5, 0.6) is 11.5 Å². The molecule has 174 valence electrons. The quantitative estimate of drug-likeness (QED) is 0.319. The lowest BCUT2D eigenvalue weighted by molar-refractivity contribution is -0.115. The van der Waals surface area contributed by atoms with Gasteiger partial charge in [0.25, 0.3) is 5.91 Å². The zero-order valence-electron chi connectivity index (χ0n) is 18.0. The third-order valence-electron chi connectivity index (χ3n) is 4.69. The van der Waals surface area contributed by atoms with Crippen molar-refractivity contribution >= 4 is 69.4 Å². The molecular weight excluding hydrogens is 515 g/mol. The van der Waals surface area contributed by atoms with Crippen molar-refractivity contribution in [1.29, 1.82) is 0 Å². The first-order valence-corrected chi connectivity index (χ1v) is 12.3. The van der Waals surface area contributed by atoms with Crippen LogP contribution in [0.2, 0.25) is 15.1 Å². The van der Waals surface area contributed by atoms with E-state index in [0.717, 1.165) is 11.1 Å². The van der Waals surface area contributed by atoms with Gasteiger partial charge in [-0.25, -0.2) is 4.99 Å². The average Bonchev–Trinajstić information content (AvgIpc) is 3.15. The summed E-state index contributed by atoms with van der Waals surface area (Å²) in [6.07, 6.45) is 1.77. The van der Waals surface area contributed by atoms with Gasteiger partial charge in [-0.05, 0) is 66.7 Å². The Morgan fingerprint density at radius 3 is 2.56 bits per heavy atom. The molecule has 0 saturated carbocycles. The molecule has 34 heavy (non-hydrogen) atoms. The van der Waals surface area contributed by atoms with Crippen molar-refractivity contribution in [3.8, 4) is 11.5 Å². The summed E-state index contributed by atoms with van der Waals surface area (Å²) in [5.74, 6) is 0.923. The van der Waals surface area contributed by atoms with Gasteiger partial charge in [-0.3, -0.25) is 4.79 Å². The van der Waals surface area contributed by atoms with E-state index in [4.69, 9.17) is 44.3 Å². The number of thioether (sulfide) groups is 1. The number of hydrogen-bond acceptors (Lipinski definition) is 5. The van der Waals surface area contributed by atoms with Gasteiger partial charge >= 0.3 is 0 Å². The van der Waals surface area contributed by atoms with Crippen molar-refractivity contribution in [3.05, 3.63) is 91.8 Å². The Morgan fingerprint density at radius 1 is 0.971 bits per heavy atom. The lowest BCUT2D eigenvalue weighted by atomic mass is 10.2. The molecule has 1 aliphatic heterocycles. The molecule has 1 N–H and O–H groups in total. The lowest BCUT2D eigenvalue weighted by Gasteiger charge is -2.13. The summed E-state index contributed by atoms with van der Waals surface area (Å²) >= 11 is 19.6. The normalized spacial score (nSPS) is 15.6. The van der Waals surface area contributed by atoms with Crippen LogP contribution in [0.15, 0.2) is 70.6 Å². The number of amidine groups is 1. The first-order chi connectivity index (χ1) is 16.4. The second-order valence-corrected chi connectivity index (χ2v) is 9.38. The number of benzene rings is 3. The van der Waals surface area contributed by atoms with Crippen LogP contribution in [0.3, 0.4) is 0 Å². The van der Waals surface area contributed by atoms with Crippen molar-refractivity contribution in [2.45, 2.75) is 13.5 Å². The number of carbonyl (C=O) groups excluding carboxylic acids is 1. The van der Waals surface area contributed by atoms with Crippen molar-refractivity contribution in [2.24, 2.45) is 4.99 Å². The minimum absolute atomic E-state index is 0.245. The topological polar surface area (TPSA) is 59.9 Å². The number of amides is 1. The molecular formula is C25H19Cl3N2O3S. The minimum atomic E-state index is -0.245. The van der Waals surface area contributed by atoms with Crippen molar-refractivity contribution in [2.75, 3.05) is 6.61 Å². The van der Waals surface area contributed by atoms with E-state index in [-0.39, 0.29) is 5.91 Å². The maximum absolute atomic E-state index is 12.5. The van der Waals surface area contributed by atoms with E-state index >= 15 is 0 Å². The van der Waals surface area contributed by atoms with E-state index in [1.807, 2.05) is 49.4 Å². The second-order valence-electron chi connectivity index (χ2n) is 7.10. The second kappa shape index (κ2) is 11.2. The highest BCUT2D eigenvalue weighted by Gasteiger charge is 2.24. The summed E-state index contributed by atoms with van der Waals surface area (Å²) in [7, 11) is 0. The molecule has 5 nitrogen and oxygen atoms in total. The predicted octanol–water partition coefficient (Wildman–Crippen LogP) is 7.52. The van der Waals surface area contributed by atoms with Crippen LogP contribution in [0.25, 0.3) is 6.08 Å². The molecule has 1 aliphatic rings. The largest absolute Gasteiger partial charge is 0.490 e. The first kappa shape index (κ1) is 24.5. The third-order valence-corrected chi connectivity index (χ3v) is 6.51. The Kier molecular flexibility index (Phi) is 8.06. The number of rotatable bonds is 7. The molecule has 0 spiro atoms. The molecule has 1 amide bonds. The van der Waals surface area contributed by atoms with Crippen LogP contribution < -0.4 is 14.8 Å². The van der Waals surface area contributed by atoms with Gasteiger partial charge in [0.1, 0.15) is 6.61 Å². The van der Waals surface area contributed by atoms with Crippen LogP contribution in [0, 0.1) is 0 Å². The van der Waals surface area contributed by atoms with Crippen LogP contribution in [-0.4, -0.2) is 17.7 Å². The van der Waals surface area contributed by atoms with Crippen LogP contribution >= 0.6 is 46.6 Å². The van der Waals surface area contributed by atoms with Gasteiger partial charge in [-0.1, -0.05) is 59.1 Å². The SMILES string of the molecule is CCOc1cc(C=C2SC(=Nc3ccc(Cl)cc3Cl)NC2=O)ccc1OCc1ccccc1Cl. The summed E-state index contributed by atoms with van der Waals surface area (Å²) in [6.45, 7) is 2.68. The van der Waals surface area contributed by atoms with Gasteiger partial charge in [0.15, 0.2) is 16.7 Å². The van der Waals surface area contributed by atoms with Gasteiger partial charge in [0.05, 0.1) is 22.2 Å². The lowest BCUT2D eigenvalue weighted by Crippen LogP contribution is -2.19. The first-order valence-electron chi connectivity index (χ1n) is 10.3. The molecule has 3 aromatic rings. The fourth-order valence-electron chi connectivity index (χ4n) is 3.09. The highest BCUT2D eigenvalue weighted by Crippen LogP contribution is 2.34. The van der Waals surface area contributed by atoms with E-state index in [1.165, 1.54) is 11.8 Å². The highest BCUT2D eigenvalue weighted by molar-refractivity contribution is 8.18. The van der Waals surface area contributed by atoms with Crippen molar-refractivity contribution in [3.63, 3.8) is 0 Å². The van der Waals surface area contributed by atoms with Crippen molar-refractivity contribution < 1.29 is 14.3 Å². The molecule has 4 rings (SSSR count). The van der Waals surface area contributed by atoms with E-state index in [0.29, 0.717) is 55.5 Å². The molecule has 1 saturated heterocycles. The zero-order chi connectivity index (χ0) is 24.1. The van der Waals surface area contributed by atoms with Gasteiger partial charge in [0.2, 0.25) is 0 Å². The standard InChI is InChI=1S/C25H19Cl3N2O3S/c1-2-32-22-11-15(7-10-21(22)33-14-16-5-3-4-6-18(16)27)12-23-24(31)30-25(34-23)29-20-9-8-17(26)13-19(20)28/h3-13H,2,14H2,1H3,(H,29,30,31). The van der Waals surface area contributed by atoms with E-state index in [2.05, 4.69) is 10.3 Å². The number of halogens is 3. The molecule has 1 fully saturated rings. The predicted molar refractivity (Wildman–Crippen MR) is 141 cm³/mol. The summed E-state index contributed by atoms with van der Waals surface area (Å²) in [5, 5.41) is 4.75. The summed E-state index contributed by atoms with van der Waals surface area (Å²) in [6, 6.07) is 18.0. The van der Waals surface area contributed by atoms with Crippen LogP contribution in [-0.2, 0) is 11.4 Å². The minimum Gasteiger partial charge on any atom is -0.490 e. The number of nitrogens with one attached hydrogen (secondary N) is 1. The molecule has 0 aliphatic carbocycles. The van der Waals surface area contributed by atoms with Crippen LogP contribution in [0.1, 0.15) is 18.1 Å². The molecule has 0 atom stereocenters. The van der Waals surface area contributed by atoms with Crippen LogP contribution in [0.4, 0.5) is 5.69 Å². The number of carbonyl (C=O) groups is 1. The Bertz CT molecular complexity index is 1290. The Morgan fingerprint density at radius 2 is 1.79 bits per heavy atom. The Hall–Kier alpha value is -2.64. The Balaban J connectivity index is 1.52. The summed E-state index contributed by atoms with van der Waals surface area (Å²) in [5.41, 5.74) is 2.19. The molecule has 0 bridgehead atoms. The average molecular weight is 534 g/mol. The number of nitrogens with zero attached hydrogens (tertiary/aromatic N) is 1. The maximum atomic E-state index is 12.5. The van der Waals surface area contributed by atoms with Gasteiger partial charge < -0.3 is 14.8 Å². The monoisotopic (exact) mass is 532 g/mol. The summed E-state index contributed by atoms with van der Waals surface area (Å²) < 4.78 is 11.7. The molecule has 0 radical (unpaired) electrons. The fraction of sp³-hybridized carbons (Fsp3) is 0.120. The molecule has 3 aromatic carbocycles. The number of aliphatic imine (C=N–C) groups is 1. The van der Waals surface area contributed by atoms with Gasteiger partial charge in [-0.2, -0.15) is 0 Å². The molecule has 1 heterocycles. The molecule has 9 heteroatoms. The smallest absolute Gasteiger partial charge is 0.264 e. The number of ether oxygens (including phenoxy) is 2. The molecule has 0 unspecified atom stereocenters. The molecule has 0 aromatic heterocycles. The third kappa shape index (κ3) is 6.07.